The Morgan fingerprint density at radius 2 is 2.05 bits per heavy atom. The van der Waals surface area contributed by atoms with E-state index >= 15 is 0 Å². The summed E-state index contributed by atoms with van der Waals surface area (Å²) in [4.78, 5) is 30.9. The highest BCUT2D eigenvalue weighted by Crippen LogP contribution is 2.08. The summed E-state index contributed by atoms with van der Waals surface area (Å²) in [7, 11) is 1.26. The molecule has 7 nitrogen and oxygen atoms in total. The number of hydrogen-bond acceptors (Lipinski definition) is 5. The molecule has 0 aliphatic carbocycles. The van der Waals surface area contributed by atoms with Crippen LogP contribution >= 0.6 is 0 Å². The van der Waals surface area contributed by atoms with Crippen molar-refractivity contribution in [3.8, 4) is 0 Å². The van der Waals surface area contributed by atoms with E-state index in [0.29, 0.717) is 11.0 Å². The van der Waals surface area contributed by atoms with Crippen LogP contribution in [0.25, 0.3) is 11.0 Å². The molecule has 0 saturated heterocycles. The second-order valence-electron chi connectivity index (χ2n) is 4.02. The molecule has 2 N–H and O–H groups in total. The Hall–Kier alpha value is -2.54. The first-order chi connectivity index (χ1) is 9.61. The first-order valence-electron chi connectivity index (χ1n) is 5.87. The van der Waals surface area contributed by atoms with Gasteiger partial charge in [0.15, 0.2) is 6.10 Å². The van der Waals surface area contributed by atoms with Gasteiger partial charge in [0.05, 0.1) is 23.8 Å². The summed E-state index contributed by atoms with van der Waals surface area (Å²) in [6, 6.07) is 7.15. The standard InChI is InChI=1S/C13H13N3O4/c1-20-11(13(18)19)7-15-12(17)10-6-14-8-4-2-3-5-9(8)16-10/h2-6,11H,7H2,1H3,(H,15,17)(H,18,19). The third kappa shape index (κ3) is 3.07. The van der Waals surface area contributed by atoms with Crippen molar-refractivity contribution in [2.75, 3.05) is 13.7 Å². The lowest BCUT2D eigenvalue weighted by atomic mass is 10.3. The van der Waals surface area contributed by atoms with E-state index < -0.39 is 18.0 Å². The number of fused-ring (bicyclic) bond motifs is 1. The Kier molecular flexibility index (Phi) is 4.21. The molecule has 0 spiro atoms. The van der Waals surface area contributed by atoms with Gasteiger partial charge in [0, 0.05) is 7.11 Å². The quantitative estimate of drug-likeness (QED) is 0.822. The van der Waals surface area contributed by atoms with Crippen LogP contribution in [0.4, 0.5) is 0 Å². The minimum absolute atomic E-state index is 0.129. The number of benzene rings is 1. The molecule has 0 saturated carbocycles. The van der Waals surface area contributed by atoms with Crippen molar-refractivity contribution in [3.05, 3.63) is 36.2 Å². The average Bonchev–Trinajstić information content (AvgIpc) is 2.46. The molecule has 2 rings (SSSR count). The van der Waals surface area contributed by atoms with E-state index in [0.717, 1.165) is 0 Å². The average molecular weight is 275 g/mol. The van der Waals surface area contributed by atoms with Crippen molar-refractivity contribution < 1.29 is 19.4 Å². The first-order valence-corrected chi connectivity index (χ1v) is 5.87. The molecule has 1 aromatic carbocycles. The lowest BCUT2D eigenvalue weighted by molar-refractivity contribution is -0.148. The second kappa shape index (κ2) is 6.07. The molecule has 0 fully saturated rings. The summed E-state index contributed by atoms with van der Waals surface area (Å²) >= 11 is 0. The lowest BCUT2D eigenvalue weighted by Crippen LogP contribution is -2.38. The minimum Gasteiger partial charge on any atom is -0.479 e. The maximum Gasteiger partial charge on any atom is 0.334 e. The Balaban J connectivity index is 2.09. The number of carboxylic acids is 1. The van der Waals surface area contributed by atoms with Crippen molar-refractivity contribution in [2.45, 2.75) is 6.10 Å². The van der Waals surface area contributed by atoms with Crippen molar-refractivity contribution in [1.82, 2.24) is 15.3 Å². The lowest BCUT2D eigenvalue weighted by Gasteiger charge is -2.11. The smallest absolute Gasteiger partial charge is 0.334 e. The maximum absolute atomic E-state index is 11.9. The number of aromatic nitrogens is 2. The van der Waals surface area contributed by atoms with E-state index in [9.17, 15) is 9.59 Å². The van der Waals surface area contributed by atoms with Gasteiger partial charge in [-0.25, -0.2) is 9.78 Å². The summed E-state index contributed by atoms with van der Waals surface area (Å²) in [6.45, 7) is -0.140. The fourth-order valence-corrected chi connectivity index (χ4v) is 1.61. The number of carbonyl (C=O) groups is 2. The predicted molar refractivity (Wildman–Crippen MR) is 70.3 cm³/mol. The Morgan fingerprint density at radius 3 is 2.70 bits per heavy atom. The SMILES string of the molecule is COC(CNC(=O)c1cnc2ccccc2n1)C(=O)O. The molecule has 7 heteroatoms. The number of nitrogens with zero attached hydrogens (tertiary/aromatic N) is 2. The number of ether oxygens (including phenoxy) is 1. The monoisotopic (exact) mass is 275 g/mol. The van der Waals surface area contributed by atoms with E-state index in [-0.39, 0.29) is 12.2 Å². The van der Waals surface area contributed by atoms with Crippen molar-refractivity contribution in [1.29, 1.82) is 0 Å². The van der Waals surface area contributed by atoms with E-state index in [1.54, 1.807) is 18.2 Å². The van der Waals surface area contributed by atoms with Crippen molar-refractivity contribution in [2.24, 2.45) is 0 Å². The van der Waals surface area contributed by atoms with Crippen LogP contribution < -0.4 is 5.32 Å². The number of hydrogen-bond donors (Lipinski definition) is 2. The first kappa shape index (κ1) is 13.9. The molecule has 0 radical (unpaired) electrons. The van der Waals surface area contributed by atoms with Crippen LogP contribution in [-0.4, -0.2) is 46.7 Å². The van der Waals surface area contributed by atoms with Gasteiger partial charge in [-0.3, -0.25) is 9.78 Å². The Labute approximate surface area is 114 Å². The molecule has 0 aliphatic heterocycles. The van der Waals surface area contributed by atoms with Gasteiger partial charge >= 0.3 is 5.97 Å². The van der Waals surface area contributed by atoms with Crippen LogP contribution in [0.2, 0.25) is 0 Å². The van der Waals surface area contributed by atoms with Gasteiger partial charge in [0.1, 0.15) is 5.69 Å². The molecule has 0 aliphatic rings. The van der Waals surface area contributed by atoms with E-state index in [2.05, 4.69) is 15.3 Å². The molecule has 1 unspecified atom stereocenters. The third-order valence-corrected chi connectivity index (χ3v) is 2.69. The fourth-order valence-electron chi connectivity index (χ4n) is 1.61. The summed E-state index contributed by atoms with van der Waals surface area (Å²) < 4.78 is 4.72. The number of aliphatic carboxylic acids is 1. The highest BCUT2D eigenvalue weighted by Gasteiger charge is 2.18. The predicted octanol–water partition coefficient (Wildman–Crippen LogP) is 0.459. The molecule has 0 bridgehead atoms. The van der Waals surface area contributed by atoms with Gasteiger partial charge in [-0.1, -0.05) is 12.1 Å². The van der Waals surface area contributed by atoms with Gasteiger partial charge in [-0.05, 0) is 12.1 Å². The van der Waals surface area contributed by atoms with Gasteiger partial charge in [-0.15, -0.1) is 0 Å². The van der Waals surface area contributed by atoms with Crippen LogP contribution in [-0.2, 0) is 9.53 Å². The summed E-state index contributed by atoms with van der Waals surface area (Å²) in [6.07, 6.45) is 0.257. The van der Waals surface area contributed by atoms with Crippen LogP contribution in [0.15, 0.2) is 30.5 Å². The van der Waals surface area contributed by atoms with Gasteiger partial charge in [-0.2, -0.15) is 0 Å². The second-order valence-corrected chi connectivity index (χ2v) is 4.02. The maximum atomic E-state index is 11.9. The summed E-state index contributed by atoms with van der Waals surface area (Å²) in [5, 5.41) is 11.2. The zero-order valence-electron chi connectivity index (χ0n) is 10.7. The molecule has 1 heterocycles. The number of amides is 1. The number of nitrogens with one attached hydrogen (secondary N) is 1. The number of rotatable bonds is 5. The van der Waals surface area contributed by atoms with E-state index in [1.165, 1.54) is 13.3 Å². The minimum atomic E-state index is -1.14. The molecule has 1 atom stereocenters. The zero-order valence-corrected chi connectivity index (χ0v) is 10.7. The van der Waals surface area contributed by atoms with Crippen molar-refractivity contribution in [3.63, 3.8) is 0 Å². The topological polar surface area (TPSA) is 101 Å². The van der Waals surface area contributed by atoms with Gasteiger partial charge in [0.25, 0.3) is 5.91 Å². The number of methoxy groups -OCH3 is 1. The molecule has 20 heavy (non-hydrogen) atoms. The van der Waals surface area contributed by atoms with Crippen LogP contribution in [0.3, 0.4) is 0 Å². The van der Waals surface area contributed by atoms with Gasteiger partial charge in [0.2, 0.25) is 0 Å². The highest BCUT2D eigenvalue weighted by atomic mass is 16.5. The fraction of sp³-hybridized carbons (Fsp3) is 0.231. The van der Waals surface area contributed by atoms with Crippen LogP contribution in [0.5, 0.6) is 0 Å². The molecular weight excluding hydrogens is 262 g/mol. The Bertz CT molecular complexity index is 644. The van der Waals surface area contributed by atoms with Gasteiger partial charge < -0.3 is 15.2 Å². The number of carbonyl (C=O) groups excluding carboxylic acids is 1. The van der Waals surface area contributed by atoms with E-state index in [1.807, 2.05) is 6.07 Å². The molecule has 1 amide bonds. The Morgan fingerprint density at radius 1 is 1.35 bits per heavy atom. The van der Waals surface area contributed by atoms with Crippen LogP contribution in [0, 0.1) is 0 Å². The van der Waals surface area contributed by atoms with Crippen LogP contribution in [0.1, 0.15) is 10.5 Å². The summed E-state index contributed by atoms with van der Waals surface area (Å²) in [5.74, 6) is -1.64. The number of para-hydroxylation sites is 2. The highest BCUT2D eigenvalue weighted by molar-refractivity contribution is 5.94. The zero-order chi connectivity index (χ0) is 14.5. The summed E-state index contributed by atoms with van der Waals surface area (Å²) in [5.41, 5.74) is 1.41. The largest absolute Gasteiger partial charge is 0.479 e. The number of carboxylic acid groups (broad SMARTS) is 1. The van der Waals surface area contributed by atoms with Crippen molar-refractivity contribution >= 4 is 22.9 Å². The third-order valence-electron chi connectivity index (χ3n) is 2.69. The van der Waals surface area contributed by atoms with E-state index in [4.69, 9.17) is 9.84 Å². The molecule has 2 aromatic rings. The molecule has 104 valence electrons. The molecular formula is C13H13N3O4. The molecule has 1 aromatic heterocycles. The normalized spacial score (nSPS) is 12.1.